The topological polar surface area (TPSA) is 9.23 Å². The van der Waals surface area contributed by atoms with Gasteiger partial charge >= 0.3 is 0 Å². The highest BCUT2D eigenvalue weighted by molar-refractivity contribution is 9.09. The van der Waals surface area contributed by atoms with E-state index >= 15 is 0 Å². The second-order valence-corrected chi connectivity index (χ2v) is 6.18. The van der Waals surface area contributed by atoms with E-state index in [1.807, 2.05) is 0 Å². The molecule has 0 aliphatic heterocycles. The molecule has 2 heteroatoms. The highest BCUT2D eigenvalue weighted by Gasteiger charge is 2.20. The number of methoxy groups -OCH3 is 1. The minimum Gasteiger partial charge on any atom is -0.497 e. The van der Waals surface area contributed by atoms with Gasteiger partial charge in [-0.05, 0) is 42.5 Å². The van der Waals surface area contributed by atoms with Gasteiger partial charge in [-0.2, -0.15) is 0 Å². The Morgan fingerprint density at radius 2 is 2.06 bits per heavy atom. The molecule has 2 rings (SSSR count). The third-order valence-electron chi connectivity index (χ3n) is 3.83. The zero-order valence-corrected chi connectivity index (χ0v) is 12.3. The van der Waals surface area contributed by atoms with Crippen LogP contribution in [-0.2, 0) is 0 Å². The fraction of sp³-hybridized carbons (Fsp3) is 0.600. The molecule has 0 amide bonds. The molecule has 1 atom stereocenters. The Hall–Kier alpha value is -0.500. The van der Waals surface area contributed by atoms with Crippen molar-refractivity contribution in [1.29, 1.82) is 0 Å². The van der Waals surface area contributed by atoms with E-state index in [4.69, 9.17) is 4.74 Å². The van der Waals surface area contributed by atoms with Gasteiger partial charge in [-0.3, -0.25) is 0 Å². The molecule has 0 heterocycles. The van der Waals surface area contributed by atoms with Crippen molar-refractivity contribution in [2.75, 3.05) is 7.11 Å². The lowest BCUT2D eigenvalue weighted by atomic mass is 9.96. The van der Waals surface area contributed by atoms with Gasteiger partial charge in [0.1, 0.15) is 5.75 Å². The maximum absolute atomic E-state index is 5.25. The first-order valence-electron chi connectivity index (χ1n) is 6.49. The molecule has 0 aromatic heterocycles. The predicted octanol–water partition coefficient (Wildman–Crippen LogP) is 5.02. The summed E-state index contributed by atoms with van der Waals surface area (Å²) < 4.78 is 5.25. The van der Waals surface area contributed by atoms with Crippen LogP contribution in [0, 0.1) is 12.8 Å². The minimum atomic E-state index is 0.497. The molecule has 1 unspecified atom stereocenters. The van der Waals surface area contributed by atoms with Crippen molar-refractivity contribution in [3.05, 3.63) is 29.3 Å². The van der Waals surface area contributed by atoms with Gasteiger partial charge in [0.05, 0.1) is 7.11 Å². The van der Waals surface area contributed by atoms with Crippen LogP contribution in [0.1, 0.15) is 48.1 Å². The van der Waals surface area contributed by atoms with Crippen molar-refractivity contribution in [2.24, 2.45) is 5.92 Å². The molecule has 1 aliphatic rings. The largest absolute Gasteiger partial charge is 0.497 e. The molecule has 0 spiro atoms. The van der Waals surface area contributed by atoms with Gasteiger partial charge in [-0.1, -0.05) is 47.7 Å². The van der Waals surface area contributed by atoms with Crippen LogP contribution in [0.2, 0.25) is 0 Å². The Morgan fingerprint density at radius 1 is 1.35 bits per heavy atom. The van der Waals surface area contributed by atoms with Gasteiger partial charge in [0.15, 0.2) is 0 Å². The van der Waals surface area contributed by atoms with Crippen LogP contribution in [0.15, 0.2) is 18.2 Å². The normalized spacial score (nSPS) is 18.3. The molecular weight excluding hydrogens is 276 g/mol. The minimum absolute atomic E-state index is 0.497. The van der Waals surface area contributed by atoms with E-state index in [0.29, 0.717) is 4.83 Å². The molecule has 94 valence electrons. The summed E-state index contributed by atoms with van der Waals surface area (Å²) in [7, 11) is 1.72. The third-order valence-corrected chi connectivity index (χ3v) is 4.70. The molecule has 0 saturated heterocycles. The van der Waals surface area contributed by atoms with Gasteiger partial charge in [0.25, 0.3) is 0 Å². The van der Waals surface area contributed by atoms with Crippen molar-refractivity contribution < 1.29 is 4.74 Å². The fourth-order valence-electron chi connectivity index (χ4n) is 2.79. The number of hydrogen-bond donors (Lipinski definition) is 0. The zero-order chi connectivity index (χ0) is 12.3. The summed E-state index contributed by atoms with van der Waals surface area (Å²) in [6, 6.07) is 6.38. The first kappa shape index (κ1) is 12.9. The van der Waals surface area contributed by atoms with Gasteiger partial charge in [0.2, 0.25) is 0 Å². The Labute approximate surface area is 113 Å². The summed E-state index contributed by atoms with van der Waals surface area (Å²) in [5.41, 5.74) is 2.74. The number of alkyl halides is 1. The first-order chi connectivity index (χ1) is 8.20. The van der Waals surface area contributed by atoms with E-state index < -0.39 is 0 Å². The summed E-state index contributed by atoms with van der Waals surface area (Å²) in [4.78, 5) is 0.497. The van der Waals surface area contributed by atoms with E-state index in [1.54, 1.807) is 7.11 Å². The average Bonchev–Trinajstić information content (AvgIpc) is 2.81. The van der Waals surface area contributed by atoms with Crippen LogP contribution in [-0.4, -0.2) is 7.11 Å². The summed E-state index contributed by atoms with van der Waals surface area (Å²) >= 11 is 3.85. The molecule has 1 aromatic rings. The lowest BCUT2D eigenvalue weighted by Crippen LogP contribution is -2.01. The molecule has 1 nitrogen and oxygen atoms in total. The third kappa shape index (κ3) is 3.25. The molecule has 0 radical (unpaired) electrons. The SMILES string of the molecule is COc1ccc(C(Br)CC2CCCC2)c(C)c1. The van der Waals surface area contributed by atoms with Crippen LogP contribution >= 0.6 is 15.9 Å². The summed E-state index contributed by atoms with van der Waals surface area (Å²) in [5.74, 6) is 1.87. The van der Waals surface area contributed by atoms with Gasteiger partial charge in [-0.15, -0.1) is 0 Å². The summed E-state index contributed by atoms with van der Waals surface area (Å²) in [6.45, 7) is 2.17. The Morgan fingerprint density at radius 3 is 2.65 bits per heavy atom. The van der Waals surface area contributed by atoms with Gasteiger partial charge in [-0.25, -0.2) is 0 Å². The van der Waals surface area contributed by atoms with E-state index in [9.17, 15) is 0 Å². The van der Waals surface area contributed by atoms with Crippen LogP contribution in [0.5, 0.6) is 5.75 Å². The monoisotopic (exact) mass is 296 g/mol. The second kappa shape index (κ2) is 5.90. The van der Waals surface area contributed by atoms with E-state index in [0.717, 1.165) is 11.7 Å². The van der Waals surface area contributed by atoms with Crippen LogP contribution in [0.25, 0.3) is 0 Å². The van der Waals surface area contributed by atoms with Crippen LogP contribution in [0.3, 0.4) is 0 Å². The predicted molar refractivity (Wildman–Crippen MR) is 76.0 cm³/mol. The number of benzene rings is 1. The van der Waals surface area contributed by atoms with E-state index in [2.05, 4.69) is 41.1 Å². The smallest absolute Gasteiger partial charge is 0.119 e. The zero-order valence-electron chi connectivity index (χ0n) is 10.7. The molecular formula is C15H21BrO. The number of hydrogen-bond acceptors (Lipinski definition) is 1. The highest BCUT2D eigenvalue weighted by atomic mass is 79.9. The average molecular weight is 297 g/mol. The fourth-order valence-corrected chi connectivity index (χ4v) is 3.83. The maximum atomic E-state index is 5.25. The van der Waals surface area contributed by atoms with Crippen LogP contribution < -0.4 is 4.74 Å². The van der Waals surface area contributed by atoms with Gasteiger partial charge in [0, 0.05) is 4.83 Å². The Kier molecular flexibility index (Phi) is 4.49. The molecule has 1 fully saturated rings. The van der Waals surface area contributed by atoms with E-state index in [1.165, 1.54) is 43.2 Å². The van der Waals surface area contributed by atoms with Crippen molar-refractivity contribution in [2.45, 2.75) is 43.9 Å². The standard InChI is InChI=1S/C15H21BrO/c1-11-9-13(17-2)7-8-14(11)15(16)10-12-5-3-4-6-12/h7-9,12,15H,3-6,10H2,1-2H3. The molecule has 0 bridgehead atoms. The van der Waals surface area contributed by atoms with Crippen molar-refractivity contribution in [1.82, 2.24) is 0 Å². The number of rotatable bonds is 4. The lowest BCUT2D eigenvalue weighted by molar-refractivity contribution is 0.414. The first-order valence-corrected chi connectivity index (χ1v) is 7.41. The highest BCUT2D eigenvalue weighted by Crippen LogP contribution is 2.38. The molecule has 1 aromatic carbocycles. The maximum Gasteiger partial charge on any atom is 0.119 e. The van der Waals surface area contributed by atoms with Crippen LogP contribution in [0.4, 0.5) is 0 Å². The van der Waals surface area contributed by atoms with Gasteiger partial charge < -0.3 is 4.74 Å². The Bertz CT molecular complexity index is 369. The number of aryl methyl sites for hydroxylation is 1. The number of halogens is 1. The molecule has 17 heavy (non-hydrogen) atoms. The quantitative estimate of drug-likeness (QED) is 0.709. The summed E-state index contributed by atoms with van der Waals surface area (Å²) in [6.07, 6.45) is 6.94. The molecule has 1 aliphatic carbocycles. The lowest BCUT2D eigenvalue weighted by Gasteiger charge is -2.17. The molecule has 0 N–H and O–H groups in total. The second-order valence-electron chi connectivity index (χ2n) is 5.08. The van der Waals surface area contributed by atoms with E-state index in [-0.39, 0.29) is 0 Å². The van der Waals surface area contributed by atoms with Crippen molar-refractivity contribution in [3.8, 4) is 5.75 Å². The van der Waals surface area contributed by atoms with Crippen molar-refractivity contribution in [3.63, 3.8) is 0 Å². The molecule has 1 saturated carbocycles. The Balaban J connectivity index is 2.04. The number of ether oxygens (including phenoxy) is 1. The summed E-state index contributed by atoms with van der Waals surface area (Å²) in [5, 5.41) is 0. The van der Waals surface area contributed by atoms with Crippen molar-refractivity contribution >= 4 is 15.9 Å².